The number of amides is 1. The molecule has 1 aromatic carbocycles. The van der Waals surface area contributed by atoms with Gasteiger partial charge in [-0.3, -0.25) is 9.59 Å². The number of rotatable bonds is 6. The van der Waals surface area contributed by atoms with E-state index in [1.807, 2.05) is 0 Å². The van der Waals surface area contributed by atoms with Crippen LogP contribution < -0.4 is 0 Å². The summed E-state index contributed by atoms with van der Waals surface area (Å²) in [6.45, 7) is 2.50. The van der Waals surface area contributed by atoms with Crippen molar-refractivity contribution in [3.8, 4) is 0 Å². The first-order valence-corrected chi connectivity index (χ1v) is 8.55. The normalized spacial score (nSPS) is 18.3. The Morgan fingerprint density at radius 2 is 2.11 bits per heavy atom. The zero-order valence-corrected chi connectivity index (χ0v) is 14.8. The third-order valence-corrected chi connectivity index (χ3v) is 4.43. The number of aromatic nitrogens is 4. The van der Waals surface area contributed by atoms with E-state index in [0.29, 0.717) is 12.4 Å². The maximum absolute atomic E-state index is 13.2. The van der Waals surface area contributed by atoms with Gasteiger partial charge in [-0.1, -0.05) is 12.1 Å². The third kappa shape index (κ3) is 4.64. The summed E-state index contributed by atoms with van der Waals surface area (Å²) in [7, 11) is 0. The molecule has 1 aromatic heterocycles. The number of aryl methyl sites for hydroxylation is 1. The standard InChI is InChI=1S/C17H20FN5O4/c1-11-19-20-21-23(11)15(8-12-2-4-13(18)5-3-12)17(26)22-6-7-27-14(10-22)9-16(24)25/h2-5,14-15H,6-10H2,1H3,(H,24,25)/t14-,15+/m0/s1. The summed E-state index contributed by atoms with van der Waals surface area (Å²) in [5.41, 5.74) is 0.764. The lowest BCUT2D eigenvalue weighted by Gasteiger charge is -2.34. The average Bonchev–Trinajstić information content (AvgIpc) is 3.06. The summed E-state index contributed by atoms with van der Waals surface area (Å²) in [4.78, 5) is 25.7. The lowest BCUT2D eigenvalue weighted by molar-refractivity contribution is -0.149. The minimum atomic E-state index is -0.978. The topological polar surface area (TPSA) is 110 Å². The second-order valence-electron chi connectivity index (χ2n) is 6.39. The van der Waals surface area contributed by atoms with Crippen molar-refractivity contribution in [2.75, 3.05) is 19.7 Å². The number of ether oxygens (including phenoxy) is 1. The van der Waals surface area contributed by atoms with Gasteiger partial charge in [-0.05, 0) is 35.0 Å². The Morgan fingerprint density at radius 3 is 2.74 bits per heavy atom. The number of hydrogen-bond acceptors (Lipinski definition) is 6. The van der Waals surface area contributed by atoms with E-state index in [9.17, 15) is 14.0 Å². The number of carbonyl (C=O) groups excluding carboxylic acids is 1. The number of carbonyl (C=O) groups is 2. The van der Waals surface area contributed by atoms with E-state index in [-0.39, 0.29) is 37.7 Å². The fourth-order valence-corrected chi connectivity index (χ4v) is 3.10. The number of hydrogen-bond donors (Lipinski definition) is 1. The van der Waals surface area contributed by atoms with Crippen LogP contribution in [0.5, 0.6) is 0 Å². The van der Waals surface area contributed by atoms with Crippen LogP contribution in [0.25, 0.3) is 0 Å². The molecule has 1 amide bonds. The fourth-order valence-electron chi connectivity index (χ4n) is 3.10. The van der Waals surface area contributed by atoms with Crippen LogP contribution in [0.15, 0.2) is 24.3 Å². The number of nitrogens with zero attached hydrogens (tertiary/aromatic N) is 5. The molecule has 2 aromatic rings. The first-order valence-electron chi connectivity index (χ1n) is 8.55. The summed E-state index contributed by atoms with van der Waals surface area (Å²) in [5, 5.41) is 20.3. The molecule has 1 N–H and O–H groups in total. The van der Waals surface area contributed by atoms with Crippen molar-refractivity contribution in [2.24, 2.45) is 0 Å². The van der Waals surface area contributed by atoms with Crippen LogP contribution in [-0.4, -0.2) is 67.9 Å². The number of carboxylic acids is 1. The van der Waals surface area contributed by atoms with Crippen molar-refractivity contribution in [1.29, 1.82) is 0 Å². The predicted molar refractivity (Wildman–Crippen MR) is 90.3 cm³/mol. The molecule has 9 nitrogen and oxygen atoms in total. The Bertz CT molecular complexity index is 810. The van der Waals surface area contributed by atoms with Gasteiger partial charge in [0.2, 0.25) is 5.91 Å². The first kappa shape index (κ1) is 18.9. The highest BCUT2D eigenvalue weighted by Crippen LogP contribution is 2.20. The molecule has 0 radical (unpaired) electrons. The van der Waals surface area contributed by atoms with E-state index in [4.69, 9.17) is 9.84 Å². The van der Waals surface area contributed by atoms with Crippen molar-refractivity contribution in [3.05, 3.63) is 41.5 Å². The first-order chi connectivity index (χ1) is 12.9. The summed E-state index contributed by atoms with van der Waals surface area (Å²) >= 11 is 0. The molecule has 10 heteroatoms. The second-order valence-corrected chi connectivity index (χ2v) is 6.39. The molecule has 2 heterocycles. The molecule has 0 unspecified atom stereocenters. The van der Waals surface area contributed by atoms with E-state index in [1.54, 1.807) is 24.0 Å². The summed E-state index contributed by atoms with van der Waals surface area (Å²) < 4.78 is 20.1. The molecule has 0 spiro atoms. The Morgan fingerprint density at radius 1 is 1.37 bits per heavy atom. The summed E-state index contributed by atoms with van der Waals surface area (Å²) in [6.07, 6.45) is -0.441. The number of halogens is 1. The molecule has 144 valence electrons. The van der Waals surface area contributed by atoms with E-state index >= 15 is 0 Å². The quantitative estimate of drug-likeness (QED) is 0.785. The Labute approximate surface area is 154 Å². The molecular formula is C17H20FN5O4. The van der Waals surface area contributed by atoms with Crippen LogP contribution in [-0.2, 0) is 20.7 Å². The average molecular weight is 377 g/mol. The molecule has 1 aliphatic heterocycles. The second kappa shape index (κ2) is 8.21. The third-order valence-electron chi connectivity index (χ3n) is 4.43. The lowest BCUT2D eigenvalue weighted by Crippen LogP contribution is -2.49. The lowest BCUT2D eigenvalue weighted by atomic mass is 10.0. The van der Waals surface area contributed by atoms with Gasteiger partial charge in [0.15, 0.2) is 0 Å². The van der Waals surface area contributed by atoms with Gasteiger partial charge in [0.1, 0.15) is 17.7 Å². The molecule has 0 bridgehead atoms. The van der Waals surface area contributed by atoms with Crippen molar-refractivity contribution in [2.45, 2.75) is 31.9 Å². The van der Waals surface area contributed by atoms with Crippen LogP contribution in [0.1, 0.15) is 23.9 Å². The number of benzene rings is 1. The van der Waals surface area contributed by atoms with Gasteiger partial charge in [0.05, 0.1) is 19.1 Å². The zero-order chi connectivity index (χ0) is 19.4. The maximum Gasteiger partial charge on any atom is 0.306 e. The Hall–Kier alpha value is -2.88. The van der Waals surface area contributed by atoms with Gasteiger partial charge in [-0.25, -0.2) is 9.07 Å². The van der Waals surface area contributed by atoms with Crippen LogP contribution in [0.4, 0.5) is 4.39 Å². The molecule has 2 atom stereocenters. The van der Waals surface area contributed by atoms with Crippen molar-refractivity contribution in [3.63, 3.8) is 0 Å². The van der Waals surface area contributed by atoms with Gasteiger partial charge in [0.25, 0.3) is 0 Å². The van der Waals surface area contributed by atoms with Crippen LogP contribution in [0.2, 0.25) is 0 Å². The van der Waals surface area contributed by atoms with Crippen LogP contribution in [0, 0.1) is 12.7 Å². The fraction of sp³-hybridized carbons (Fsp3) is 0.471. The Balaban J connectivity index is 1.81. The number of aliphatic carboxylic acids is 1. The molecule has 27 heavy (non-hydrogen) atoms. The van der Waals surface area contributed by atoms with Crippen molar-refractivity contribution in [1.82, 2.24) is 25.1 Å². The van der Waals surface area contributed by atoms with Crippen LogP contribution >= 0.6 is 0 Å². The van der Waals surface area contributed by atoms with E-state index < -0.39 is 18.1 Å². The molecule has 1 aliphatic rings. The number of carboxylic acid groups (broad SMARTS) is 1. The van der Waals surface area contributed by atoms with Crippen molar-refractivity contribution < 1.29 is 23.8 Å². The maximum atomic E-state index is 13.2. The van der Waals surface area contributed by atoms with E-state index in [1.165, 1.54) is 16.8 Å². The minimum absolute atomic E-state index is 0.170. The highest BCUT2D eigenvalue weighted by atomic mass is 19.1. The largest absolute Gasteiger partial charge is 0.481 e. The molecule has 3 rings (SSSR count). The number of morpholine rings is 1. The van der Waals surface area contributed by atoms with Crippen LogP contribution in [0.3, 0.4) is 0 Å². The highest BCUT2D eigenvalue weighted by molar-refractivity contribution is 5.81. The highest BCUT2D eigenvalue weighted by Gasteiger charge is 2.32. The molecule has 1 fully saturated rings. The monoisotopic (exact) mass is 377 g/mol. The van der Waals surface area contributed by atoms with Gasteiger partial charge < -0.3 is 14.7 Å². The summed E-state index contributed by atoms with van der Waals surface area (Å²) in [5.74, 6) is -1.09. The minimum Gasteiger partial charge on any atom is -0.481 e. The molecule has 0 aliphatic carbocycles. The van der Waals surface area contributed by atoms with E-state index in [2.05, 4.69) is 15.5 Å². The summed E-state index contributed by atoms with van der Waals surface area (Å²) in [6, 6.07) is 5.18. The molecular weight excluding hydrogens is 357 g/mol. The molecule has 0 saturated carbocycles. The van der Waals surface area contributed by atoms with Crippen molar-refractivity contribution >= 4 is 11.9 Å². The smallest absolute Gasteiger partial charge is 0.306 e. The SMILES string of the molecule is Cc1nnnn1[C@H](Cc1ccc(F)cc1)C(=O)N1CCO[C@@H](CC(=O)O)C1. The number of tetrazole rings is 1. The molecule has 1 saturated heterocycles. The van der Waals surface area contributed by atoms with Gasteiger partial charge >= 0.3 is 5.97 Å². The zero-order valence-electron chi connectivity index (χ0n) is 14.8. The van der Waals surface area contributed by atoms with Gasteiger partial charge in [-0.2, -0.15) is 0 Å². The van der Waals surface area contributed by atoms with E-state index in [0.717, 1.165) is 5.56 Å². The van der Waals surface area contributed by atoms with Gasteiger partial charge in [-0.15, -0.1) is 5.10 Å². The predicted octanol–water partition coefficient (Wildman–Crippen LogP) is 0.607. The Kier molecular flexibility index (Phi) is 5.75. The van der Waals surface area contributed by atoms with Gasteiger partial charge in [0, 0.05) is 19.5 Å².